The second-order valence-electron chi connectivity index (χ2n) is 19.5. The molecule has 0 aromatic rings. The fourth-order valence-electron chi connectivity index (χ4n) is 8.17. The summed E-state index contributed by atoms with van der Waals surface area (Å²) in [4.78, 5) is 37.8. The Balaban J connectivity index is 4.13. The van der Waals surface area contributed by atoms with Crippen LogP contribution in [0.4, 0.5) is 0 Å². The van der Waals surface area contributed by atoms with Crippen LogP contribution in [-0.2, 0) is 28.6 Å². The largest absolute Gasteiger partial charge is 0.462 e. The molecule has 0 unspecified atom stereocenters. The van der Waals surface area contributed by atoms with Gasteiger partial charge in [0.25, 0.3) is 0 Å². The van der Waals surface area contributed by atoms with Crippen LogP contribution in [0.1, 0.15) is 298 Å². The smallest absolute Gasteiger partial charge is 0.306 e. The molecule has 0 radical (unpaired) electrons. The summed E-state index contributed by atoms with van der Waals surface area (Å²) in [5.41, 5.74) is 0. The Kier molecular flexibility index (Phi) is 45.7. The number of hydrogen-bond donors (Lipinski definition) is 0. The van der Waals surface area contributed by atoms with E-state index in [1.165, 1.54) is 186 Å². The van der Waals surface area contributed by atoms with Crippen molar-refractivity contribution in [3.63, 3.8) is 0 Å². The summed E-state index contributed by atoms with van der Waals surface area (Å²) in [6.45, 7) is 11.4. The van der Waals surface area contributed by atoms with Crippen LogP contribution >= 0.6 is 0 Å². The highest BCUT2D eigenvalue weighted by molar-refractivity contribution is 5.71. The molecule has 6 heteroatoms. The van der Waals surface area contributed by atoms with Crippen LogP contribution in [-0.4, -0.2) is 37.2 Å². The van der Waals surface area contributed by atoms with Gasteiger partial charge in [0.1, 0.15) is 13.2 Å². The topological polar surface area (TPSA) is 78.9 Å². The summed E-state index contributed by atoms with van der Waals surface area (Å²) >= 11 is 0. The molecule has 0 saturated carbocycles. The van der Waals surface area contributed by atoms with Gasteiger partial charge in [0.15, 0.2) is 6.10 Å². The number of carbonyl (C=O) groups is 3. The van der Waals surface area contributed by atoms with Gasteiger partial charge >= 0.3 is 17.9 Å². The van der Waals surface area contributed by atoms with Gasteiger partial charge in [-0.15, -0.1) is 0 Å². The fraction of sp³-hybridized carbons (Fsp3) is 0.944. The van der Waals surface area contributed by atoms with E-state index in [2.05, 4.69) is 34.6 Å². The quantitative estimate of drug-likeness (QED) is 0.0345. The molecule has 0 bridgehead atoms. The van der Waals surface area contributed by atoms with Crippen molar-refractivity contribution in [1.82, 2.24) is 0 Å². The maximum atomic E-state index is 12.7. The van der Waals surface area contributed by atoms with Crippen LogP contribution in [0.3, 0.4) is 0 Å². The highest BCUT2D eigenvalue weighted by Gasteiger charge is 2.19. The number of hydrogen-bond acceptors (Lipinski definition) is 6. The third kappa shape index (κ3) is 47.5. The first-order valence-electron chi connectivity index (χ1n) is 26.7. The Bertz CT molecular complexity index is 916. The number of ether oxygens (including phenoxy) is 3. The molecule has 0 aromatic carbocycles. The SMILES string of the molecule is CCCCCCCCCC(=O)O[C@H](COC(=O)CCCCCCCCCCCCCCCCCC(C)C)COC(=O)CCCCCCCCCCCCCCCCC(C)C. The molecule has 0 aliphatic heterocycles. The van der Waals surface area contributed by atoms with E-state index in [1.54, 1.807) is 0 Å². The van der Waals surface area contributed by atoms with Crippen molar-refractivity contribution in [3.05, 3.63) is 0 Å². The average Bonchev–Trinajstić information content (AvgIpc) is 3.22. The van der Waals surface area contributed by atoms with Gasteiger partial charge in [-0.25, -0.2) is 0 Å². The van der Waals surface area contributed by atoms with Gasteiger partial charge in [0, 0.05) is 19.3 Å². The van der Waals surface area contributed by atoms with Gasteiger partial charge < -0.3 is 14.2 Å². The Labute approximate surface area is 374 Å². The lowest BCUT2D eigenvalue weighted by molar-refractivity contribution is -0.167. The lowest BCUT2D eigenvalue weighted by Crippen LogP contribution is -2.30. The molecule has 60 heavy (non-hydrogen) atoms. The maximum Gasteiger partial charge on any atom is 0.306 e. The van der Waals surface area contributed by atoms with Crippen molar-refractivity contribution >= 4 is 17.9 Å². The molecule has 0 heterocycles. The first-order chi connectivity index (χ1) is 29.2. The summed E-state index contributed by atoms with van der Waals surface area (Å²) in [7, 11) is 0. The molecular formula is C54H104O6. The molecular weight excluding hydrogens is 745 g/mol. The van der Waals surface area contributed by atoms with Crippen LogP contribution < -0.4 is 0 Å². The predicted molar refractivity (Wildman–Crippen MR) is 256 cm³/mol. The van der Waals surface area contributed by atoms with Crippen molar-refractivity contribution in [2.24, 2.45) is 11.8 Å². The summed E-state index contributed by atoms with van der Waals surface area (Å²) in [5, 5.41) is 0. The first-order valence-corrected chi connectivity index (χ1v) is 26.7. The van der Waals surface area contributed by atoms with Gasteiger partial charge in [-0.2, -0.15) is 0 Å². The zero-order valence-corrected chi connectivity index (χ0v) is 41.1. The minimum Gasteiger partial charge on any atom is -0.462 e. The molecule has 0 aliphatic carbocycles. The van der Waals surface area contributed by atoms with Crippen molar-refractivity contribution in [2.75, 3.05) is 13.2 Å². The molecule has 0 spiro atoms. The molecule has 356 valence electrons. The van der Waals surface area contributed by atoms with Crippen molar-refractivity contribution in [3.8, 4) is 0 Å². The zero-order valence-electron chi connectivity index (χ0n) is 41.1. The highest BCUT2D eigenvalue weighted by atomic mass is 16.6. The number of rotatable bonds is 48. The fourth-order valence-corrected chi connectivity index (χ4v) is 8.17. The van der Waals surface area contributed by atoms with Crippen LogP contribution in [0, 0.1) is 11.8 Å². The summed E-state index contributed by atoms with van der Waals surface area (Å²) < 4.78 is 16.8. The van der Waals surface area contributed by atoms with E-state index in [-0.39, 0.29) is 31.1 Å². The monoisotopic (exact) mass is 849 g/mol. The molecule has 0 amide bonds. The second-order valence-corrected chi connectivity index (χ2v) is 19.5. The second kappa shape index (κ2) is 46.9. The number of esters is 3. The third-order valence-electron chi connectivity index (χ3n) is 12.2. The maximum absolute atomic E-state index is 12.7. The molecule has 0 saturated heterocycles. The summed E-state index contributed by atoms with van der Waals surface area (Å²) in [6.07, 6.45) is 48.2. The minimum atomic E-state index is -0.760. The van der Waals surface area contributed by atoms with E-state index in [4.69, 9.17) is 14.2 Å². The van der Waals surface area contributed by atoms with Gasteiger partial charge in [-0.1, -0.05) is 259 Å². The van der Waals surface area contributed by atoms with Gasteiger partial charge in [0.05, 0.1) is 0 Å². The van der Waals surface area contributed by atoms with Crippen molar-refractivity contribution < 1.29 is 28.6 Å². The molecule has 0 aliphatic rings. The van der Waals surface area contributed by atoms with E-state index in [0.29, 0.717) is 19.3 Å². The van der Waals surface area contributed by atoms with Crippen molar-refractivity contribution in [1.29, 1.82) is 0 Å². The molecule has 0 fully saturated rings. The van der Waals surface area contributed by atoms with Gasteiger partial charge in [0.2, 0.25) is 0 Å². The molecule has 6 nitrogen and oxygen atoms in total. The molecule has 0 N–H and O–H groups in total. The standard InChI is InChI=1S/C54H104O6/c1-6-7-8-9-27-36-41-46-54(57)60-51(48-59-53(56)45-40-35-31-26-22-18-14-13-16-20-24-29-33-38-43-50(4)5)47-58-52(55)44-39-34-30-25-21-17-12-10-11-15-19-23-28-32-37-42-49(2)3/h49-51H,6-48H2,1-5H3/t51-/m1/s1. The lowest BCUT2D eigenvalue weighted by atomic mass is 10.0. The molecule has 0 aromatic heterocycles. The van der Waals surface area contributed by atoms with E-state index in [1.807, 2.05) is 0 Å². The molecule has 1 atom stereocenters. The van der Waals surface area contributed by atoms with Crippen LogP contribution in [0.25, 0.3) is 0 Å². The third-order valence-corrected chi connectivity index (χ3v) is 12.2. The molecule has 0 rings (SSSR count). The van der Waals surface area contributed by atoms with Crippen LogP contribution in [0.5, 0.6) is 0 Å². The van der Waals surface area contributed by atoms with Crippen molar-refractivity contribution in [2.45, 2.75) is 304 Å². The van der Waals surface area contributed by atoms with Crippen LogP contribution in [0.15, 0.2) is 0 Å². The first kappa shape index (κ1) is 58.4. The lowest BCUT2D eigenvalue weighted by Gasteiger charge is -2.18. The predicted octanol–water partition coefficient (Wildman–Crippen LogP) is 17.3. The van der Waals surface area contributed by atoms with Crippen LogP contribution in [0.2, 0.25) is 0 Å². The zero-order chi connectivity index (χ0) is 44.0. The van der Waals surface area contributed by atoms with E-state index < -0.39 is 6.10 Å². The Morgan fingerprint density at radius 2 is 0.550 bits per heavy atom. The van der Waals surface area contributed by atoms with Gasteiger partial charge in [-0.05, 0) is 31.1 Å². The highest BCUT2D eigenvalue weighted by Crippen LogP contribution is 2.18. The Morgan fingerprint density at radius 3 is 0.817 bits per heavy atom. The number of unbranched alkanes of at least 4 members (excludes halogenated alkanes) is 33. The number of carbonyl (C=O) groups excluding carboxylic acids is 3. The Morgan fingerprint density at radius 1 is 0.317 bits per heavy atom. The van der Waals surface area contributed by atoms with Gasteiger partial charge in [-0.3, -0.25) is 14.4 Å². The van der Waals surface area contributed by atoms with E-state index in [9.17, 15) is 14.4 Å². The van der Waals surface area contributed by atoms with E-state index in [0.717, 1.165) is 69.6 Å². The minimum absolute atomic E-state index is 0.0639. The summed E-state index contributed by atoms with van der Waals surface area (Å²) in [6, 6.07) is 0. The Hall–Kier alpha value is -1.59. The average molecular weight is 849 g/mol. The summed E-state index contributed by atoms with van der Waals surface area (Å²) in [5.74, 6) is 0.842. The van der Waals surface area contributed by atoms with E-state index >= 15 is 0 Å². The normalized spacial score (nSPS) is 12.1.